The van der Waals surface area contributed by atoms with Crippen LogP contribution in [0.5, 0.6) is 0 Å². The Morgan fingerprint density at radius 3 is 2.79 bits per heavy atom. The van der Waals surface area contributed by atoms with Crippen molar-refractivity contribution in [2.24, 2.45) is 5.92 Å². The van der Waals surface area contributed by atoms with Gasteiger partial charge in [0.2, 0.25) is 0 Å². The van der Waals surface area contributed by atoms with Crippen molar-refractivity contribution in [3.8, 4) is 0 Å². The molecule has 2 atom stereocenters. The van der Waals surface area contributed by atoms with Crippen LogP contribution in [0, 0.1) is 5.92 Å². The molecule has 2 unspecified atom stereocenters. The van der Waals surface area contributed by atoms with Crippen molar-refractivity contribution in [3.05, 3.63) is 0 Å². The second kappa shape index (κ2) is 6.93. The number of morpholine rings is 1. The molecular weight excluding hydrogens is 256 g/mol. The van der Waals surface area contributed by atoms with E-state index < -0.39 is 29.9 Å². The van der Waals surface area contributed by atoms with Crippen molar-refractivity contribution in [2.75, 3.05) is 33.4 Å². The molecule has 0 bridgehead atoms. The van der Waals surface area contributed by atoms with Gasteiger partial charge in [-0.05, 0) is 0 Å². The van der Waals surface area contributed by atoms with E-state index in [0.717, 1.165) is 0 Å². The number of ether oxygens (including phenoxy) is 2. The zero-order chi connectivity index (χ0) is 14.4. The van der Waals surface area contributed by atoms with Crippen molar-refractivity contribution in [3.63, 3.8) is 0 Å². The van der Waals surface area contributed by atoms with Crippen LogP contribution >= 0.6 is 0 Å². The third-order valence-corrected chi connectivity index (χ3v) is 2.84. The SMILES string of the molecule is COC(=O)C1COCCN1C(=O)NCC(C)C(=O)O. The van der Waals surface area contributed by atoms with Gasteiger partial charge in [0.25, 0.3) is 0 Å². The number of esters is 1. The van der Waals surface area contributed by atoms with Crippen LogP contribution in [0.1, 0.15) is 6.92 Å². The average Bonchev–Trinajstić information content (AvgIpc) is 2.43. The normalized spacial score (nSPS) is 20.5. The topological polar surface area (TPSA) is 105 Å². The number of amides is 2. The number of urea groups is 1. The minimum Gasteiger partial charge on any atom is -0.481 e. The van der Waals surface area contributed by atoms with Crippen molar-refractivity contribution in [2.45, 2.75) is 13.0 Å². The highest BCUT2D eigenvalue weighted by atomic mass is 16.5. The Hall–Kier alpha value is -1.83. The van der Waals surface area contributed by atoms with Gasteiger partial charge in [0.1, 0.15) is 0 Å². The molecule has 1 rings (SSSR count). The first-order chi connectivity index (χ1) is 8.97. The summed E-state index contributed by atoms with van der Waals surface area (Å²) in [5.41, 5.74) is 0. The monoisotopic (exact) mass is 274 g/mol. The van der Waals surface area contributed by atoms with Crippen molar-refractivity contribution < 1.29 is 29.0 Å². The fourth-order valence-electron chi connectivity index (χ4n) is 1.61. The molecule has 108 valence electrons. The number of hydrogen-bond donors (Lipinski definition) is 2. The lowest BCUT2D eigenvalue weighted by Gasteiger charge is -2.33. The number of aliphatic carboxylic acids is 1. The highest BCUT2D eigenvalue weighted by molar-refractivity contribution is 5.84. The van der Waals surface area contributed by atoms with E-state index >= 15 is 0 Å². The number of carboxylic acids is 1. The van der Waals surface area contributed by atoms with E-state index in [2.05, 4.69) is 10.1 Å². The second-order valence-electron chi connectivity index (χ2n) is 4.23. The van der Waals surface area contributed by atoms with Gasteiger partial charge in [-0.25, -0.2) is 9.59 Å². The number of methoxy groups -OCH3 is 1. The molecule has 8 nitrogen and oxygen atoms in total. The Kier molecular flexibility index (Phi) is 5.56. The minimum absolute atomic E-state index is 0.000579. The van der Waals surface area contributed by atoms with Crippen molar-refractivity contribution in [1.29, 1.82) is 0 Å². The standard InChI is InChI=1S/C11H18N2O6/c1-7(9(14)15)5-12-11(17)13-3-4-19-6-8(13)10(16)18-2/h7-8H,3-6H2,1-2H3,(H,12,17)(H,14,15). The summed E-state index contributed by atoms with van der Waals surface area (Å²) in [7, 11) is 1.24. The fourth-order valence-corrected chi connectivity index (χ4v) is 1.61. The number of nitrogens with one attached hydrogen (secondary N) is 1. The maximum Gasteiger partial charge on any atom is 0.331 e. The van der Waals surface area contributed by atoms with Crippen LogP contribution in [-0.4, -0.2) is 67.4 Å². The Balaban J connectivity index is 2.57. The lowest BCUT2D eigenvalue weighted by atomic mass is 10.2. The maximum absolute atomic E-state index is 11.9. The van der Waals surface area contributed by atoms with Gasteiger partial charge in [-0.3, -0.25) is 4.79 Å². The molecule has 1 heterocycles. The Morgan fingerprint density at radius 1 is 1.53 bits per heavy atom. The summed E-state index contributed by atoms with van der Waals surface area (Å²) in [5, 5.41) is 11.2. The predicted octanol–water partition coefficient (Wildman–Crippen LogP) is -0.709. The second-order valence-corrected chi connectivity index (χ2v) is 4.23. The molecule has 1 aliphatic rings. The highest BCUT2D eigenvalue weighted by Gasteiger charge is 2.33. The largest absolute Gasteiger partial charge is 0.481 e. The van der Waals surface area contributed by atoms with Crippen LogP contribution in [0.3, 0.4) is 0 Å². The third-order valence-electron chi connectivity index (χ3n) is 2.84. The van der Waals surface area contributed by atoms with Gasteiger partial charge in [0.15, 0.2) is 6.04 Å². The lowest BCUT2D eigenvalue weighted by Crippen LogP contribution is -2.56. The summed E-state index contributed by atoms with van der Waals surface area (Å²) in [6, 6.07) is -1.29. The summed E-state index contributed by atoms with van der Waals surface area (Å²) < 4.78 is 9.73. The Bertz CT molecular complexity index is 359. The fraction of sp³-hybridized carbons (Fsp3) is 0.727. The van der Waals surface area contributed by atoms with Gasteiger partial charge in [-0.2, -0.15) is 0 Å². The molecule has 1 saturated heterocycles. The molecule has 2 amide bonds. The first kappa shape index (κ1) is 15.2. The van der Waals surface area contributed by atoms with Gasteiger partial charge in [0, 0.05) is 13.1 Å². The molecule has 1 fully saturated rings. The van der Waals surface area contributed by atoms with E-state index in [0.29, 0.717) is 6.61 Å². The van der Waals surface area contributed by atoms with Gasteiger partial charge >= 0.3 is 18.0 Å². The van der Waals surface area contributed by atoms with Crippen LogP contribution in [0.4, 0.5) is 4.79 Å². The number of nitrogens with zero attached hydrogens (tertiary/aromatic N) is 1. The molecule has 19 heavy (non-hydrogen) atoms. The number of carbonyl (C=O) groups is 3. The predicted molar refractivity (Wildman–Crippen MR) is 63.5 cm³/mol. The summed E-state index contributed by atoms with van der Waals surface area (Å²) in [6.07, 6.45) is 0. The van der Waals surface area contributed by atoms with Crippen LogP contribution < -0.4 is 5.32 Å². The van der Waals surface area contributed by atoms with E-state index in [-0.39, 0.29) is 19.7 Å². The number of rotatable bonds is 4. The van der Waals surface area contributed by atoms with E-state index in [1.807, 2.05) is 0 Å². The number of carboxylic acid groups (broad SMARTS) is 1. The molecular formula is C11H18N2O6. The first-order valence-corrected chi connectivity index (χ1v) is 5.90. The average molecular weight is 274 g/mol. The van der Waals surface area contributed by atoms with E-state index in [1.165, 1.54) is 18.9 Å². The molecule has 0 aromatic heterocycles. The van der Waals surface area contributed by atoms with Gasteiger partial charge < -0.3 is 24.8 Å². The maximum atomic E-state index is 11.9. The third kappa shape index (κ3) is 4.09. The summed E-state index contributed by atoms with van der Waals surface area (Å²) >= 11 is 0. The zero-order valence-corrected chi connectivity index (χ0v) is 10.9. The molecule has 1 aliphatic heterocycles. The number of hydrogen-bond acceptors (Lipinski definition) is 5. The molecule has 2 N–H and O–H groups in total. The van der Waals surface area contributed by atoms with Gasteiger partial charge in [-0.15, -0.1) is 0 Å². The molecule has 0 aromatic carbocycles. The van der Waals surface area contributed by atoms with E-state index in [1.54, 1.807) is 0 Å². The van der Waals surface area contributed by atoms with Crippen LogP contribution in [0.25, 0.3) is 0 Å². The van der Waals surface area contributed by atoms with Crippen molar-refractivity contribution in [1.82, 2.24) is 10.2 Å². The van der Waals surface area contributed by atoms with Crippen molar-refractivity contribution >= 4 is 18.0 Å². The molecule has 0 spiro atoms. The van der Waals surface area contributed by atoms with Crippen LogP contribution in [0.2, 0.25) is 0 Å². The Labute approximate surface area is 110 Å². The summed E-state index contributed by atoms with van der Waals surface area (Å²) in [4.78, 5) is 35.4. The first-order valence-electron chi connectivity index (χ1n) is 5.90. The Morgan fingerprint density at radius 2 is 2.21 bits per heavy atom. The highest BCUT2D eigenvalue weighted by Crippen LogP contribution is 2.09. The summed E-state index contributed by atoms with van der Waals surface area (Å²) in [6.45, 7) is 2.15. The minimum atomic E-state index is -0.994. The molecule has 0 aromatic rings. The lowest BCUT2D eigenvalue weighted by molar-refractivity contribution is -0.151. The van der Waals surface area contributed by atoms with E-state index in [4.69, 9.17) is 9.84 Å². The van der Waals surface area contributed by atoms with Gasteiger partial charge in [-0.1, -0.05) is 6.92 Å². The molecule has 8 heteroatoms. The quantitative estimate of drug-likeness (QED) is 0.656. The smallest absolute Gasteiger partial charge is 0.331 e. The molecule has 0 saturated carbocycles. The molecule has 0 aliphatic carbocycles. The molecule has 0 radical (unpaired) electrons. The zero-order valence-electron chi connectivity index (χ0n) is 10.9. The van der Waals surface area contributed by atoms with E-state index in [9.17, 15) is 14.4 Å². The van der Waals surface area contributed by atoms with Crippen LogP contribution in [-0.2, 0) is 19.1 Å². The number of carbonyl (C=O) groups excluding carboxylic acids is 2. The van der Waals surface area contributed by atoms with Gasteiger partial charge in [0.05, 0.1) is 26.2 Å². The van der Waals surface area contributed by atoms with Crippen LogP contribution in [0.15, 0.2) is 0 Å². The summed E-state index contributed by atoms with van der Waals surface area (Å²) in [5.74, 6) is -2.24.